The van der Waals surface area contributed by atoms with E-state index < -0.39 is 0 Å². The van der Waals surface area contributed by atoms with E-state index in [1.54, 1.807) is 11.3 Å². The third kappa shape index (κ3) is 2.52. The summed E-state index contributed by atoms with van der Waals surface area (Å²) in [6.07, 6.45) is 3.93. The number of fused-ring (bicyclic) bond motifs is 1. The number of H-pyrrole nitrogens is 1. The van der Waals surface area contributed by atoms with E-state index in [-0.39, 0.29) is 11.8 Å². The van der Waals surface area contributed by atoms with E-state index >= 15 is 0 Å². The van der Waals surface area contributed by atoms with Crippen molar-refractivity contribution in [1.82, 2.24) is 4.98 Å². The van der Waals surface area contributed by atoms with Crippen LogP contribution in [0.1, 0.15) is 12.8 Å². The quantitative estimate of drug-likeness (QED) is 0.807. The Hall–Kier alpha value is -2.27. The van der Waals surface area contributed by atoms with Crippen molar-refractivity contribution in [2.75, 3.05) is 5.32 Å². The number of benzene rings is 1. The normalized spacial score (nSPS) is 14.3. The Morgan fingerprint density at radius 2 is 2.19 bits per heavy atom. The summed E-state index contributed by atoms with van der Waals surface area (Å²) in [5.74, 6) is 0.343. The molecule has 0 spiro atoms. The van der Waals surface area contributed by atoms with E-state index in [2.05, 4.69) is 15.3 Å². The van der Waals surface area contributed by atoms with Gasteiger partial charge in [-0.2, -0.15) is 0 Å². The van der Waals surface area contributed by atoms with Crippen molar-refractivity contribution < 1.29 is 9.78 Å². The van der Waals surface area contributed by atoms with E-state index in [4.69, 9.17) is 0 Å². The number of carbonyl (C=O) groups is 1. The summed E-state index contributed by atoms with van der Waals surface area (Å²) < 4.78 is 0. The Morgan fingerprint density at radius 1 is 1.29 bits per heavy atom. The van der Waals surface area contributed by atoms with Crippen molar-refractivity contribution in [3.05, 3.63) is 42.6 Å². The van der Waals surface area contributed by atoms with E-state index in [0.29, 0.717) is 0 Å². The maximum Gasteiger partial charge on any atom is 0.287 e. The van der Waals surface area contributed by atoms with Gasteiger partial charge in [-0.05, 0) is 42.4 Å². The van der Waals surface area contributed by atoms with E-state index in [1.807, 2.05) is 42.6 Å². The first-order valence-corrected chi connectivity index (χ1v) is 7.80. The molecule has 2 heterocycles. The highest BCUT2D eigenvalue weighted by molar-refractivity contribution is 7.20. The molecule has 2 aromatic heterocycles. The van der Waals surface area contributed by atoms with Gasteiger partial charge in [0.15, 0.2) is 6.20 Å². The second-order valence-corrected chi connectivity index (χ2v) is 6.25. The number of hydrogen-bond donors (Lipinski definition) is 1. The highest BCUT2D eigenvalue weighted by Gasteiger charge is 2.29. The van der Waals surface area contributed by atoms with Crippen LogP contribution in [0.2, 0.25) is 0 Å². The second kappa shape index (κ2) is 4.93. The van der Waals surface area contributed by atoms with E-state index in [9.17, 15) is 4.79 Å². The van der Waals surface area contributed by atoms with Gasteiger partial charge in [-0.25, -0.2) is 9.97 Å². The summed E-state index contributed by atoms with van der Waals surface area (Å²) >= 11 is 1.62. The van der Waals surface area contributed by atoms with Crippen LogP contribution in [0.4, 0.5) is 5.69 Å². The average molecular weight is 296 g/mol. The molecule has 0 bridgehead atoms. The van der Waals surface area contributed by atoms with Gasteiger partial charge >= 0.3 is 0 Å². The van der Waals surface area contributed by atoms with Crippen LogP contribution in [0.3, 0.4) is 0 Å². The number of aromatic nitrogens is 2. The number of thiazole rings is 1. The molecule has 1 aromatic carbocycles. The molecule has 1 fully saturated rings. The fourth-order valence-corrected chi connectivity index (χ4v) is 3.18. The first-order chi connectivity index (χ1) is 10.3. The van der Waals surface area contributed by atoms with Gasteiger partial charge in [0.1, 0.15) is 10.5 Å². The van der Waals surface area contributed by atoms with Crippen LogP contribution < -0.4 is 10.3 Å². The van der Waals surface area contributed by atoms with Gasteiger partial charge in [-0.1, -0.05) is 12.1 Å². The molecule has 1 aliphatic carbocycles. The number of nitrogens with zero attached hydrogens (tertiary/aromatic N) is 1. The maximum absolute atomic E-state index is 11.8. The minimum Gasteiger partial charge on any atom is -0.326 e. The van der Waals surface area contributed by atoms with Gasteiger partial charge in [0.2, 0.25) is 5.91 Å². The Bertz CT molecular complexity index is 790. The molecule has 0 saturated heterocycles. The summed E-state index contributed by atoms with van der Waals surface area (Å²) in [5, 5.41) is 3.93. The van der Waals surface area contributed by atoms with Gasteiger partial charge in [-0.15, -0.1) is 0 Å². The predicted octanol–water partition coefficient (Wildman–Crippen LogP) is 3.13. The summed E-state index contributed by atoms with van der Waals surface area (Å²) in [6.45, 7) is 0. The maximum atomic E-state index is 11.8. The summed E-state index contributed by atoms with van der Waals surface area (Å²) in [4.78, 5) is 20.7. The molecule has 0 radical (unpaired) electrons. The lowest BCUT2D eigenvalue weighted by Gasteiger charge is -2.05. The van der Waals surface area contributed by atoms with Crippen molar-refractivity contribution in [2.45, 2.75) is 12.8 Å². The van der Waals surface area contributed by atoms with Crippen molar-refractivity contribution in [3.63, 3.8) is 0 Å². The molecular formula is C16H14N3OS+. The minimum atomic E-state index is 0.129. The zero-order valence-corrected chi connectivity index (χ0v) is 12.1. The van der Waals surface area contributed by atoms with Crippen LogP contribution in [0.15, 0.2) is 42.6 Å². The number of rotatable bonds is 3. The van der Waals surface area contributed by atoms with Crippen molar-refractivity contribution >= 4 is 33.3 Å². The van der Waals surface area contributed by atoms with Crippen molar-refractivity contribution in [1.29, 1.82) is 0 Å². The highest BCUT2D eigenvalue weighted by atomic mass is 32.1. The Morgan fingerprint density at radius 3 is 3.00 bits per heavy atom. The molecule has 4 nitrogen and oxygen atoms in total. The number of pyridine rings is 1. The third-order valence-electron chi connectivity index (χ3n) is 3.54. The number of aromatic amines is 1. The first kappa shape index (κ1) is 12.5. The van der Waals surface area contributed by atoms with Gasteiger partial charge in [0.05, 0.1) is 0 Å². The topological polar surface area (TPSA) is 56.1 Å². The van der Waals surface area contributed by atoms with Gasteiger partial charge in [0, 0.05) is 23.2 Å². The Balaban J connectivity index is 1.66. The lowest BCUT2D eigenvalue weighted by molar-refractivity contribution is -0.341. The fourth-order valence-electron chi connectivity index (χ4n) is 2.25. The van der Waals surface area contributed by atoms with Crippen LogP contribution in [-0.4, -0.2) is 10.9 Å². The van der Waals surface area contributed by atoms with Crippen molar-refractivity contribution in [2.24, 2.45) is 5.92 Å². The first-order valence-electron chi connectivity index (χ1n) is 6.98. The predicted molar refractivity (Wildman–Crippen MR) is 83.0 cm³/mol. The van der Waals surface area contributed by atoms with Crippen LogP contribution in [0, 0.1) is 5.92 Å². The van der Waals surface area contributed by atoms with Gasteiger partial charge in [-0.3, -0.25) is 4.79 Å². The lowest BCUT2D eigenvalue weighted by Crippen LogP contribution is -2.13. The zero-order chi connectivity index (χ0) is 14.2. The Kier molecular flexibility index (Phi) is 2.93. The Labute approximate surface area is 125 Å². The van der Waals surface area contributed by atoms with Gasteiger partial charge < -0.3 is 5.32 Å². The molecule has 0 aliphatic heterocycles. The molecule has 1 saturated carbocycles. The standard InChI is InChI=1S/C16H13N3OS/c20-14(10-6-7-10)18-12-4-1-3-11(9-12)15-19-13-5-2-8-17-16(13)21-15/h1-5,8-10H,6-7H2,(H,18,20)/p+1. The number of anilines is 1. The molecule has 21 heavy (non-hydrogen) atoms. The molecule has 2 N–H and O–H groups in total. The highest BCUT2D eigenvalue weighted by Crippen LogP contribution is 2.32. The SMILES string of the molecule is O=C(Nc1cccc(-c2nc3ccc[nH+]c3s2)c1)C1CC1. The molecule has 4 rings (SSSR count). The largest absolute Gasteiger partial charge is 0.326 e. The molecular weight excluding hydrogens is 282 g/mol. The molecule has 5 heteroatoms. The summed E-state index contributed by atoms with van der Waals surface area (Å²) in [6, 6.07) is 11.8. The average Bonchev–Trinajstić information content (AvgIpc) is 3.26. The molecule has 0 unspecified atom stereocenters. The monoisotopic (exact) mass is 296 g/mol. The lowest BCUT2D eigenvalue weighted by atomic mass is 10.2. The van der Waals surface area contributed by atoms with Crippen LogP contribution in [0.25, 0.3) is 20.9 Å². The fraction of sp³-hybridized carbons (Fsp3) is 0.188. The third-order valence-corrected chi connectivity index (χ3v) is 4.59. The van der Waals surface area contributed by atoms with Gasteiger partial charge in [0.25, 0.3) is 4.83 Å². The molecule has 3 aromatic rings. The number of amides is 1. The molecule has 104 valence electrons. The number of nitrogens with one attached hydrogen (secondary N) is 2. The summed E-state index contributed by atoms with van der Waals surface area (Å²) in [7, 11) is 0. The molecule has 0 atom stereocenters. The second-order valence-electron chi connectivity index (χ2n) is 5.25. The molecule has 1 amide bonds. The minimum absolute atomic E-state index is 0.129. The van der Waals surface area contributed by atoms with Crippen LogP contribution in [-0.2, 0) is 4.79 Å². The number of hydrogen-bond acceptors (Lipinski definition) is 3. The zero-order valence-electron chi connectivity index (χ0n) is 11.3. The van der Waals surface area contributed by atoms with Crippen molar-refractivity contribution in [3.8, 4) is 10.6 Å². The summed E-state index contributed by atoms with van der Waals surface area (Å²) in [5.41, 5.74) is 2.83. The molecule has 1 aliphatic rings. The number of carbonyl (C=O) groups excluding carboxylic acids is 1. The smallest absolute Gasteiger partial charge is 0.287 e. The van der Waals surface area contributed by atoms with Crippen LogP contribution in [0.5, 0.6) is 0 Å². The van der Waals surface area contributed by atoms with Crippen LogP contribution >= 0.6 is 11.3 Å². The van der Waals surface area contributed by atoms with E-state index in [1.165, 1.54) is 0 Å². The van der Waals surface area contributed by atoms with E-state index in [0.717, 1.165) is 39.4 Å².